The minimum atomic E-state index is -0.651. The maximum Gasteiger partial charge on any atom is 0.326 e. The number of piperidine rings is 1. The molecule has 1 saturated heterocycles. The molecule has 1 fully saturated rings. The Morgan fingerprint density at radius 3 is 2.69 bits per heavy atom. The summed E-state index contributed by atoms with van der Waals surface area (Å²) in [7, 11) is 0. The van der Waals surface area contributed by atoms with Gasteiger partial charge >= 0.3 is 5.69 Å². The number of aromatic nitrogens is 2. The van der Waals surface area contributed by atoms with Gasteiger partial charge in [-0.25, -0.2) is 4.79 Å². The number of hydrogen-bond donors (Lipinski definition) is 2. The van der Waals surface area contributed by atoms with Crippen molar-refractivity contribution in [2.75, 3.05) is 19.6 Å². The van der Waals surface area contributed by atoms with Crippen LogP contribution < -0.4 is 11.2 Å². The third kappa shape index (κ3) is 3.35. The van der Waals surface area contributed by atoms with Gasteiger partial charge in [-0.15, -0.1) is 0 Å². The number of nitrogens with zero attached hydrogens (tertiary/aromatic N) is 2. The Morgan fingerprint density at radius 2 is 1.88 bits per heavy atom. The van der Waals surface area contributed by atoms with Crippen LogP contribution in [0.1, 0.15) is 34.5 Å². The van der Waals surface area contributed by atoms with Crippen molar-refractivity contribution < 1.29 is 4.79 Å². The molecule has 1 aromatic carbocycles. The number of benzene rings is 1. The van der Waals surface area contributed by atoms with Crippen LogP contribution in [0.3, 0.4) is 0 Å². The Kier molecular flexibility index (Phi) is 4.46. The highest BCUT2D eigenvalue weighted by Gasteiger charge is 2.30. The lowest BCUT2D eigenvalue weighted by molar-refractivity contribution is 0.0543. The summed E-state index contributed by atoms with van der Waals surface area (Å²) in [5, 5.41) is 0. The molecule has 7 nitrogen and oxygen atoms in total. The number of H-pyrrole nitrogens is 2. The molecule has 26 heavy (non-hydrogen) atoms. The standard InChI is InChI=1S/C19H22N4O3/c24-17-10-16(20-19(26)21-17)18(25)23-8-3-6-15(12-23)22-9-7-13-4-1-2-5-14(13)11-22/h1-2,4-5,10,15H,3,6-9,11-12H2,(H2,20,21,24,26). The van der Waals surface area contributed by atoms with E-state index in [9.17, 15) is 14.4 Å². The van der Waals surface area contributed by atoms with Crippen LogP contribution in [0.5, 0.6) is 0 Å². The summed E-state index contributed by atoms with van der Waals surface area (Å²) in [6.45, 7) is 3.17. The van der Waals surface area contributed by atoms with Crippen molar-refractivity contribution in [2.24, 2.45) is 0 Å². The molecule has 2 aromatic rings. The first-order chi connectivity index (χ1) is 12.6. The van der Waals surface area contributed by atoms with Crippen molar-refractivity contribution in [2.45, 2.75) is 31.8 Å². The van der Waals surface area contributed by atoms with Gasteiger partial charge in [0, 0.05) is 38.3 Å². The third-order valence-corrected chi connectivity index (χ3v) is 5.35. The minimum Gasteiger partial charge on any atom is -0.336 e. The van der Waals surface area contributed by atoms with Crippen LogP contribution >= 0.6 is 0 Å². The number of fused-ring (bicyclic) bond motifs is 1. The normalized spacial score (nSPS) is 20.6. The van der Waals surface area contributed by atoms with Crippen LogP contribution in [-0.2, 0) is 13.0 Å². The molecule has 2 aliphatic rings. The van der Waals surface area contributed by atoms with Crippen molar-refractivity contribution in [3.63, 3.8) is 0 Å². The van der Waals surface area contributed by atoms with E-state index in [1.807, 2.05) is 0 Å². The molecule has 1 unspecified atom stereocenters. The van der Waals surface area contributed by atoms with Gasteiger partial charge in [-0.3, -0.25) is 19.5 Å². The van der Waals surface area contributed by atoms with Crippen molar-refractivity contribution in [1.82, 2.24) is 19.8 Å². The highest BCUT2D eigenvalue weighted by atomic mass is 16.2. The molecule has 0 saturated carbocycles. The van der Waals surface area contributed by atoms with Crippen molar-refractivity contribution in [1.29, 1.82) is 0 Å². The average molecular weight is 354 g/mol. The zero-order valence-electron chi connectivity index (χ0n) is 14.5. The summed E-state index contributed by atoms with van der Waals surface area (Å²) in [6.07, 6.45) is 3.00. The lowest BCUT2D eigenvalue weighted by Crippen LogP contribution is -2.51. The molecule has 2 aliphatic heterocycles. The summed E-state index contributed by atoms with van der Waals surface area (Å²) in [6, 6.07) is 9.97. The van der Waals surface area contributed by atoms with E-state index in [1.54, 1.807) is 4.90 Å². The molecule has 1 amide bonds. The van der Waals surface area contributed by atoms with Crippen LogP contribution in [0.2, 0.25) is 0 Å². The van der Waals surface area contributed by atoms with Crippen LogP contribution in [0, 0.1) is 0 Å². The smallest absolute Gasteiger partial charge is 0.326 e. The van der Waals surface area contributed by atoms with Crippen LogP contribution in [-0.4, -0.2) is 51.4 Å². The van der Waals surface area contributed by atoms with Gasteiger partial charge in [-0.1, -0.05) is 24.3 Å². The second-order valence-electron chi connectivity index (χ2n) is 7.04. The van der Waals surface area contributed by atoms with Gasteiger partial charge in [0.1, 0.15) is 5.69 Å². The van der Waals surface area contributed by atoms with E-state index in [0.717, 1.165) is 38.4 Å². The molecule has 1 aromatic heterocycles. The van der Waals surface area contributed by atoms with Crippen LogP contribution in [0.15, 0.2) is 39.9 Å². The van der Waals surface area contributed by atoms with Gasteiger partial charge in [0.05, 0.1) is 0 Å². The molecular formula is C19H22N4O3. The number of carbonyl (C=O) groups is 1. The molecule has 2 N–H and O–H groups in total. The summed E-state index contributed by atoms with van der Waals surface area (Å²) < 4.78 is 0. The van der Waals surface area contributed by atoms with E-state index in [2.05, 4.69) is 39.1 Å². The zero-order chi connectivity index (χ0) is 18.1. The number of amides is 1. The third-order valence-electron chi connectivity index (χ3n) is 5.35. The van der Waals surface area contributed by atoms with Crippen molar-refractivity contribution in [3.05, 3.63) is 68.0 Å². The van der Waals surface area contributed by atoms with Crippen molar-refractivity contribution >= 4 is 5.91 Å². The largest absolute Gasteiger partial charge is 0.336 e. The van der Waals surface area contributed by atoms with E-state index in [0.29, 0.717) is 19.1 Å². The summed E-state index contributed by atoms with van der Waals surface area (Å²) >= 11 is 0. The Bertz CT molecular complexity index is 904. The lowest BCUT2D eigenvalue weighted by atomic mass is 9.96. The average Bonchev–Trinajstić information content (AvgIpc) is 2.66. The van der Waals surface area contributed by atoms with Gasteiger partial charge in [0.2, 0.25) is 0 Å². The summed E-state index contributed by atoms with van der Waals surface area (Å²) in [5.41, 5.74) is 1.62. The predicted octanol–water partition coefficient (Wildman–Crippen LogP) is 0.726. The number of carbonyl (C=O) groups excluding carboxylic acids is 1. The van der Waals surface area contributed by atoms with Gasteiger partial charge in [-0.05, 0) is 30.4 Å². The quantitative estimate of drug-likeness (QED) is 0.832. The number of rotatable bonds is 2. The molecule has 3 heterocycles. The summed E-state index contributed by atoms with van der Waals surface area (Å²) in [5.74, 6) is -0.282. The van der Waals surface area contributed by atoms with Gasteiger partial charge in [-0.2, -0.15) is 0 Å². The van der Waals surface area contributed by atoms with E-state index in [4.69, 9.17) is 0 Å². The van der Waals surface area contributed by atoms with Gasteiger partial charge in [0.15, 0.2) is 0 Å². The fourth-order valence-electron chi connectivity index (χ4n) is 4.02. The molecular weight excluding hydrogens is 332 g/mol. The molecule has 1 atom stereocenters. The summed E-state index contributed by atoms with van der Waals surface area (Å²) in [4.78, 5) is 44.3. The first kappa shape index (κ1) is 16.8. The maximum atomic E-state index is 12.7. The predicted molar refractivity (Wildman–Crippen MR) is 97.2 cm³/mol. The number of aromatic amines is 2. The van der Waals surface area contributed by atoms with Crippen LogP contribution in [0.25, 0.3) is 0 Å². The zero-order valence-corrected chi connectivity index (χ0v) is 14.5. The monoisotopic (exact) mass is 354 g/mol. The van der Waals surface area contributed by atoms with Crippen LogP contribution in [0.4, 0.5) is 0 Å². The second kappa shape index (κ2) is 6.92. The molecule has 136 valence electrons. The minimum absolute atomic E-state index is 0.0587. The van der Waals surface area contributed by atoms with Gasteiger partial charge in [0.25, 0.3) is 11.5 Å². The highest BCUT2D eigenvalue weighted by Crippen LogP contribution is 2.24. The number of likely N-dealkylation sites (tertiary alicyclic amines) is 1. The van der Waals surface area contributed by atoms with E-state index in [1.165, 1.54) is 11.1 Å². The Balaban J connectivity index is 1.48. The Morgan fingerprint density at radius 1 is 1.08 bits per heavy atom. The number of hydrogen-bond acceptors (Lipinski definition) is 4. The van der Waals surface area contributed by atoms with E-state index in [-0.39, 0.29) is 11.6 Å². The number of nitrogens with one attached hydrogen (secondary N) is 2. The molecule has 0 spiro atoms. The molecule has 7 heteroatoms. The van der Waals surface area contributed by atoms with E-state index < -0.39 is 11.2 Å². The molecule has 0 aliphatic carbocycles. The fourth-order valence-corrected chi connectivity index (χ4v) is 4.02. The molecule has 0 radical (unpaired) electrons. The first-order valence-corrected chi connectivity index (χ1v) is 9.04. The lowest BCUT2D eigenvalue weighted by Gasteiger charge is -2.41. The fraction of sp³-hybridized carbons (Fsp3) is 0.421. The Hall–Kier alpha value is -2.67. The molecule has 0 bridgehead atoms. The molecule has 4 rings (SSSR count). The maximum absolute atomic E-state index is 12.7. The van der Waals surface area contributed by atoms with E-state index >= 15 is 0 Å². The highest BCUT2D eigenvalue weighted by molar-refractivity contribution is 5.92. The van der Waals surface area contributed by atoms with Crippen molar-refractivity contribution in [3.8, 4) is 0 Å². The topological polar surface area (TPSA) is 89.3 Å². The van der Waals surface area contributed by atoms with Gasteiger partial charge < -0.3 is 9.88 Å². The first-order valence-electron chi connectivity index (χ1n) is 9.04. The SMILES string of the molecule is O=C(c1cc(=O)[nH]c(=O)[nH]1)N1CCCC(N2CCc3ccccc3C2)C1. The Labute approximate surface area is 150 Å². The second-order valence-corrected chi connectivity index (χ2v) is 7.04.